The number of aromatic nitrogens is 4. The molecule has 23 heavy (non-hydrogen) atoms. The third-order valence-electron chi connectivity index (χ3n) is 3.78. The first-order chi connectivity index (χ1) is 11.3. The van der Waals surface area contributed by atoms with Crippen LogP contribution in [-0.2, 0) is 11.3 Å². The van der Waals surface area contributed by atoms with Gasteiger partial charge in [-0.1, -0.05) is 49.0 Å². The predicted octanol–water partition coefficient (Wildman–Crippen LogP) is 2.41. The Bertz CT molecular complexity index is 773. The molecule has 118 valence electrons. The number of nitrogens with zero attached hydrogens (tertiary/aromatic N) is 5. The van der Waals surface area contributed by atoms with Crippen LogP contribution in [-0.4, -0.2) is 42.1 Å². The maximum absolute atomic E-state index is 12.0. The van der Waals surface area contributed by atoms with Crippen molar-refractivity contribution in [3.05, 3.63) is 46.0 Å². The minimum absolute atomic E-state index is 0.151. The van der Waals surface area contributed by atoms with Gasteiger partial charge in [0.2, 0.25) is 11.7 Å². The van der Waals surface area contributed by atoms with Gasteiger partial charge in [0.25, 0.3) is 0 Å². The molecule has 2 aliphatic rings. The first kappa shape index (κ1) is 14.8. The van der Waals surface area contributed by atoms with E-state index in [1.807, 2.05) is 35.2 Å². The van der Waals surface area contributed by atoms with E-state index in [0.717, 1.165) is 21.3 Å². The Hall–Kier alpha value is -1.80. The number of carbonyl (C=O) groups excluding carboxylic acids is 1. The van der Waals surface area contributed by atoms with Crippen LogP contribution in [0, 0.1) is 0 Å². The van der Waals surface area contributed by atoms with Crippen molar-refractivity contribution in [2.24, 2.45) is 0 Å². The fourth-order valence-electron chi connectivity index (χ4n) is 2.70. The molecular weight excluding hydrogens is 330 g/mol. The van der Waals surface area contributed by atoms with Gasteiger partial charge in [-0.05, 0) is 21.7 Å². The van der Waals surface area contributed by atoms with Crippen LogP contribution in [0.15, 0.2) is 34.6 Å². The van der Waals surface area contributed by atoms with Gasteiger partial charge < -0.3 is 0 Å². The Morgan fingerprint density at radius 1 is 1.35 bits per heavy atom. The number of rotatable bonds is 5. The van der Waals surface area contributed by atoms with Crippen LogP contribution >= 0.6 is 23.5 Å². The van der Waals surface area contributed by atoms with E-state index >= 15 is 0 Å². The van der Waals surface area contributed by atoms with Crippen molar-refractivity contribution in [1.29, 1.82) is 0 Å². The van der Waals surface area contributed by atoms with Gasteiger partial charge in [0.05, 0.1) is 22.6 Å². The average Bonchev–Trinajstić information content (AvgIpc) is 3.10. The van der Waals surface area contributed by atoms with Gasteiger partial charge in [0, 0.05) is 0 Å². The minimum atomic E-state index is 0.151. The van der Waals surface area contributed by atoms with Crippen LogP contribution in [0.1, 0.15) is 24.7 Å². The monoisotopic (exact) mass is 345 g/mol. The number of benzene rings is 1. The second-order valence-corrected chi connectivity index (χ2v) is 7.98. The Balaban J connectivity index is 1.71. The summed E-state index contributed by atoms with van der Waals surface area (Å²) in [6, 6.07) is 10.1. The molecule has 1 amide bonds. The summed E-state index contributed by atoms with van der Waals surface area (Å²) in [4.78, 5) is 13.9. The summed E-state index contributed by atoms with van der Waals surface area (Å²) in [6.45, 7) is 2.70. The van der Waals surface area contributed by atoms with E-state index in [4.69, 9.17) is 0 Å². The molecule has 1 aromatic heterocycles. The van der Waals surface area contributed by atoms with Crippen LogP contribution in [0.25, 0.3) is 5.70 Å². The molecule has 2 aromatic rings. The number of hydrogen-bond acceptors (Lipinski definition) is 6. The summed E-state index contributed by atoms with van der Waals surface area (Å²) in [7, 11) is 0. The fourth-order valence-corrected chi connectivity index (χ4v) is 5.35. The van der Waals surface area contributed by atoms with Crippen molar-refractivity contribution in [2.75, 3.05) is 5.75 Å². The average molecular weight is 345 g/mol. The van der Waals surface area contributed by atoms with Gasteiger partial charge in [-0.2, -0.15) is 0 Å². The molecule has 0 saturated carbocycles. The zero-order valence-corrected chi connectivity index (χ0v) is 14.2. The molecule has 2 aliphatic heterocycles. The van der Waals surface area contributed by atoms with Crippen molar-refractivity contribution < 1.29 is 4.79 Å². The quantitative estimate of drug-likeness (QED) is 0.776. The molecule has 1 aromatic carbocycles. The summed E-state index contributed by atoms with van der Waals surface area (Å²) in [5.41, 5.74) is 2.01. The summed E-state index contributed by atoms with van der Waals surface area (Å²) in [5, 5.41) is 12.4. The number of tetrazole rings is 1. The fraction of sp³-hybridized carbons (Fsp3) is 0.333. The summed E-state index contributed by atoms with van der Waals surface area (Å²) in [6.07, 6.45) is 0.599. The number of fused-ring (bicyclic) bond motifs is 1. The van der Waals surface area contributed by atoms with Crippen LogP contribution in [0.4, 0.5) is 0 Å². The predicted molar refractivity (Wildman–Crippen MR) is 91.3 cm³/mol. The lowest BCUT2D eigenvalue weighted by Crippen LogP contribution is -2.46. The summed E-state index contributed by atoms with van der Waals surface area (Å²) < 4.78 is 2.92. The highest BCUT2D eigenvalue weighted by Gasteiger charge is 2.47. The first-order valence-corrected chi connectivity index (χ1v) is 9.30. The molecule has 0 radical (unpaired) electrons. The van der Waals surface area contributed by atoms with E-state index in [9.17, 15) is 4.79 Å². The summed E-state index contributed by atoms with van der Waals surface area (Å²) in [5.74, 6) is 1.78. The van der Waals surface area contributed by atoms with Crippen molar-refractivity contribution in [1.82, 2.24) is 25.1 Å². The molecule has 0 unspecified atom stereocenters. The van der Waals surface area contributed by atoms with Gasteiger partial charge in [0.1, 0.15) is 5.70 Å². The topological polar surface area (TPSA) is 63.9 Å². The van der Waals surface area contributed by atoms with E-state index in [2.05, 4.69) is 22.4 Å². The minimum Gasteiger partial charge on any atom is -0.294 e. The van der Waals surface area contributed by atoms with Crippen molar-refractivity contribution in [2.45, 2.75) is 25.3 Å². The van der Waals surface area contributed by atoms with E-state index in [1.54, 1.807) is 28.2 Å². The molecule has 1 fully saturated rings. The van der Waals surface area contributed by atoms with Crippen LogP contribution in [0.3, 0.4) is 0 Å². The molecule has 0 bridgehead atoms. The summed E-state index contributed by atoms with van der Waals surface area (Å²) >= 11 is 3.50. The standard InChI is InChI=1S/C15H15N5OS2/c1-2-22-15-13(20-11(21)8-12(20)23-15)14-16-17-18-19(14)9-10-6-4-3-5-7-10/h3-7,12H,2,8-9H2,1H3/t12-/m0/s1. The second-order valence-electron chi connectivity index (χ2n) is 5.26. The van der Waals surface area contributed by atoms with Gasteiger partial charge in [-0.25, -0.2) is 4.68 Å². The lowest BCUT2D eigenvalue weighted by molar-refractivity contribution is -0.136. The Morgan fingerprint density at radius 2 is 2.17 bits per heavy atom. The molecule has 4 rings (SSSR count). The van der Waals surface area contributed by atoms with Crippen LogP contribution in [0.5, 0.6) is 0 Å². The van der Waals surface area contributed by atoms with Crippen molar-refractivity contribution in [3.8, 4) is 0 Å². The largest absolute Gasteiger partial charge is 0.294 e. The highest BCUT2D eigenvalue weighted by molar-refractivity contribution is 8.23. The molecular formula is C15H15N5OS2. The molecule has 3 heterocycles. The third-order valence-corrected chi connectivity index (χ3v) is 6.22. The van der Waals surface area contributed by atoms with Gasteiger partial charge in [0.15, 0.2) is 0 Å². The molecule has 0 spiro atoms. The third kappa shape index (κ3) is 2.55. The van der Waals surface area contributed by atoms with E-state index < -0.39 is 0 Å². The van der Waals surface area contributed by atoms with Crippen molar-refractivity contribution in [3.63, 3.8) is 0 Å². The second kappa shape index (κ2) is 6.01. The lowest BCUT2D eigenvalue weighted by Gasteiger charge is -2.34. The number of thioether (sulfide) groups is 2. The van der Waals surface area contributed by atoms with E-state index in [1.165, 1.54) is 0 Å². The highest BCUT2D eigenvalue weighted by Crippen LogP contribution is 2.53. The normalized spacial score (nSPS) is 20.0. The van der Waals surface area contributed by atoms with Gasteiger partial charge in [-0.15, -0.1) is 16.9 Å². The Kier molecular flexibility index (Phi) is 3.86. The molecule has 1 saturated heterocycles. The molecule has 8 heteroatoms. The zero-order valence-electron chi connectivity index (χ0n) is 12.5. The van der Waals surface area contributed by atoms with E-state index in [-0.39, 0.29) is 11.3 Å². The smallest absolute Gasteiger partial charge is 0.231 e. The number of carbonyl (C=O) groups is 1. The number of hydrogen-bond donors (Lipinski definition) is 0. The van der Waals surface area contributed by atoms with E-state index in [0.29, 0.717) is 18.8 Å². The maximum Gasteiger partial charge on any atom is 0.231 e. The van der Waals surface area contributed by atoms with Gasteiger partial charge >= 0.3 is 0 Å². The van der Waals surface area contributed by atoms with Crippen molar-refractivity contribution >= 4 is 35.1 Å². The van der Waals surface area contributed by atoms with Crippen LogP contribution < -0.4 is 0 Å². The molecule has 0 aliphatic carbocycles. The number of amides is 1. The maximum atomic E-state index is 12.0. The lowest BCUT2D eigenvalue weighted by atomic mass is 10.1. The molecule has 0 N–H and O–H groups in total. The zero-order chi connectivity index (χ0) is 15.8. The molecule has 6 nitrogen and oxygen atoms in total. The first-order valence-electron chi connectivity index (χ1n) is 7.44. The molecule has 1 atom stereocenters. The highest BCUT2D eigenvalue weighted by atomic mass is 32.2. The number of β-lactam (4-membered cyclic amide) rings is 1. The van der Waals surface area contributed by atoms with Crippen LogP contribution in [0.2, 0.25) is 0 Å². The SMILES string of the molecule is CCSC1=C(c2nnnn2Cc2ccccc2)N2C(=O)C[C@@H]2S1. The van der Waals surface area contributed by atoms with Gasteiger partial charge in [-0.3, -0.25) is 9.69 Å². The Morgan fingerprint density at radius 3 is 2.91 bits per heavy atom. The Labute approximate surface area is 142 Å².